The summed E-state index contributed by atoms with van der Waals surface area (Å²) in [6.07, 6.45) is 2.40. The molecule has 1 amide bonds. The first-order valence-electron chi connectivity index (χ1n) is 5.80. The van der Waals surface area contributed by atoms with Crippen LogP contribution in [0.1, 0.15) is 13.3 Å². The summed E-state index contributed by atoms with van der Waals surface area (Å²) in [5.74, 6) is 1.50. The molecule has 0 spiro atoms. The summed E-state index contributed by atoms with van der Waals surface area (Å²) in [6, 6.07) is 0. The minimum absolute atomic E-state index is 0.126. The van der Waals surface area contributed by atoms with Crippen molar-refractivity contribution in [2.24, 2.45) is 0 Å². The summed E-state index contributed by atoms with van der Waals surface area (Å²) in [5.41, 5.74) is 0. The molecule has 0 saturated carbocycles. The topological polar surface area (TPSA) is 88.2 Å². The third-order valence-electron chi connectivity index (χ3n) is 2.25. The van der Waals surface area contributed by atoms with Crippen LogP contribution in [-0.2, 0) is 4.79 Å². The lowest BCUT2D eigenvalue weighted by molar-refractivity contribution is -0.118. The predicted molar refractivity (Wildman–Crippen MR) is 69.9 cm³/mol. The lowest BCUT2D eigenvalue weighted by Crippen LogP contribution is -2.26. The van der Waals surface area contributed by atoms with Crippen molar-refractivity contribution >= 4 is 17.5 Å². The molecule has 0 saturated heterocycles. The van der Waals surface area contributed by atoms with Crippen LogP contribution < -0.4 is 20.7 Å². The third-order valence-corrected chi connectivity index (χ3v) is 2.25. The number of hydrogen-bond donors (Lipinski definition) is 3. The number of anilines is 2. The second-order valence-corrected chi connectivity index (χ2v) is 3.56. The summed E-state index contributed by atoms with van der Waals surface area (Å²) in [6.45, 7) is 2.99. The first kappa shape index (κ1) is 14.0. The van der Waals surface area contributed by atoms with Gasteiger partial charge in [0.2, 0.25) is 11.7 Å². The van der Waals surface area contributed by atoms with Gasteiger partial charge in [0.15, 0.2) is 11.6 Å². The SMILES string of the molecule is CCCNc1ncnc(NCC(=O)NC)c1OC. The molecule has 7 nitrogen and oxygen atoms in total. The summed E-state index contributed by atoms with van der Waals surface area (Å²) < 4.78 is 5.26. The number of nitrogens with zero attached hydrogens (tertiary/aromatic N) is 2. The molecule has 1 heterocycles. The number of amides is 1. The highest BCUT2D eigenvalue weighted by Crippen LogP contribution is 2.28. The first-order valence-corrected chi connectivity index (χ1v) is 5.80. The molecule has 0 fully saturated rings. The van der Waals surface area contributed by atoms with Crippen molar-refractivity contribution in [3.63, 3.8) is 0 Å². The van der Waals surface area contributed by atoms with E-state index in [4.69, 9.17) is 4.74 Å². The van der Waals surface area contributed by atoms with E-state index >= 15 is 0 Å². The van der Waals surface area contributed by atoms with E-state index in [0.717, 1.165) is 13.0 Å². The Bertz CT molecular complexity index is 397. The molecule has 1 aromatic heterocycles. The van der Waals surface area contributed by atoms with Crippen molar-refractivity contribution in [1.82, 2.24) is 15.3 Å². The number of carbonyl (C=O) groups excluding carboxylic acids is 1. The van der Waals surface area contributed by atoms with E-state index in [-0.39, 0.29) is 12.5 Å². The van der Waals surface area contributed by atoms with Crippen LogP contribution in [0.2, 0.25) is 0 Å². The number of aromatic nitrogens is 2. The zero-order chi connectivity index (χ0) is 13.4. The van der Waals surface area contributed by atoms with Crippen LogP contribution in [0.25, 0.3) is 0 Å². The third kappa shape index (κ3) is 3.76. The van der Waals surface area contributed by atoms with Gasteiger partial charge in [0.05, 0.1) is 13.7 Å². The van der Waals surface area contributed by atoms with Gasteiger partial charge in [-0.25, -0.2) is 9.97 Å². The van der Waals surface area contributed by atoms with Gasteiger partial charge in [-0.15, -0.1) is 0 Å². The fourth-order valence-corrected chi connectivity index (χ4v) is 1.31. The second-order valence-electron chi connectivity index (χ2n) is 3.56. The zero-order valence-corrected chi connectivity index (χ0v) is 10.9. The normalized spacial score (nSPS) is 9.72. The number of nitrogens with one attached hydrogen (secondary N) is 3. The number of likely N-dealkylation sites (N-methyl/N-ethyl adjacent to an activating group) is 1. The smallest absolute Gasteiger partial charge is 0.239 e. The van der Waals surface area contributed by atoms with Crippen molar-refractivity contribution in [2.75, 3.05) is 37.9 Å². The maximum Gasteiger partial charge on any atom is 0.239 e. The van der Waals surface area contributed by atoms with Gasteiger partial charge in [0, 0.05) is 13.6 Å². The van der Waals surface area contributed by atoms with Gasteiger partial charge in [-0.2, -0.15) is 0 Å². The van der Waals surface area contributed by atoms with Crippen molar-refractivity contribution in [2.45, 2.75) is 13.3 Å². The number of carbonyl (C=O) groups is 1. The van der Waals surface area contributed by atoms with Crippen molar-refractivity contribution in [3.05, 3.63) is 6.33 Å². The molecule has 0 aliphatic carbocycles. The van der Waals surface area contributed by atoms with Crippen LogP contribution in [0.4, 0.5) is 11.6 Å². The largest absolute Gasteiger partial charge is 0.490 e. The van der Waals surface area contributed by atoms with E-state index < -0.39 is 0 Å². The van der Waals surface area contributed by atoms with Gasteiger partial charge >= 0.3 is 0 Å². The molecule has 1 rings (SSSR count). The molecule has 0 atom stereocenters. The van der Waals surface area contributed by atoms with E-state index in [1.54, 1.807) is 14.2 Å². The Labute approximate surface area is 106 Å². The van der Waals surface area contributed by atoms with Gasteiger partial charge in [0.1, 0.15) is 6.33 Å². The maximum atomic E-state index is 11.2. The van der Waals surface area contributed by atoms with E-state index in [1.165, 1.54) is 6.33 Å². The van der Waals surface area contributed by atoms with Gasteiger partial charge in [-0.05, 0) is 6.42 Å². The Balaban J connectivity index is 2.80. The lowest BCUT2D eigenvalue weighted by Gasteiger charge is -2.13. The fraction of sp³-hybridized carbons (Fsp3) is 0.545. The monoisotopic (exact) mass is 253 g/mol. The summed E-state index contributed by atoms with van der Waals surface area (Å²) in [4.78, 5) is 19.3. The highest BCUT2D eigenvalue weighted by Gasteiger charge is 2.12. The van der Waals surface area contributed by atoms with Crippen LogP contribution in [0.15, 0.2) is 6.33 Å². The second kappa shape index (κ2) is 7.31. The summed E-state index contributed by atoms with van der Waals surface area (Å²) in [5, 5.41) is 8.56. The number of ether oxygens (including phenoxy) is 1. The van der Waals surface area contributed by atoms with Crippen LogP contribution >= 0.6 is 0 Å². The average Bonchev–Trinajstić information content (AvgIpc) is 2.42. The number of rotatable bonds is 7. The van der Waals surface area contributed by atoms with Crippen molar-refractivity contribution in [3.8, 4) is 5.75 Å². The Kier molecular flexibility index (Phi) is 5.69. The summed E-state index contributed by atoms with van der Waals surface area (Å²) >= 11 is 0. The standard InChI is InChI=1S/C11H19N5O2/c1-4-5-13-10-9(18-3)11(16-7-15-10)14-6-8(17)12-2/h7H,4-6H2,1-3H3,(H,12,17)(H2,13,14,15,16). The molecule has 0 bridgehead atoms. The molecule has 0 aromatic carbocycles. The van der Waals surface area contributed by atoms with Gasteiger partial charge in [-0.3, -0.25) is 4.79 Å². The van der Waals surface area contributed by atoms with Crippen molar-refractivity contribution in [1.29, 1.82) is 0 Å². The molecule has 3 N–H and O–H groups in total. The first-order chi connectivity index (χ1) is 8.72. The van der Waals surface area contributed by atoms with Crippen LogP contribution in [0, 0.1) is 0 Å². The van der Waals surface area contributed by atoms with Crippen LogP contribution in [-0.4, -0.2) is 43.1 Å². The molecule has 0 unspecified atom stereocenters. The molecular weight excluding hydrogens is 234 g/mol. The zero-order valence-electron chi connectivity index (χ0n) is 10.9. The van der Waals surface area contributed by atoms with Crippen molar-refractivity contribution < 1.29 is 9.53 Å². The molecule has 18 heavy (non-hydrogen) atoms. The Morgan fingerprint density at radius 3 is 2.56 bits per heavy atom. The molecular formula is C11H19N5O2. The Morgan fingerprint density at radius 2 is 2.00 bits per heavy atom. The van der Waals surface area contributed by atoms with Gasteiger partial charge in [-0.1, -0.05) is 6.92 Å². The maximum absolute atomic E-state index is 11.2. The highest BCUT2D eigenvalue weighted by molar-refractivity contribution is 5.81. The van der Waals surface area contributed by atoms with E-state index in [1.807, 2.05) is 0 Å². The minimum atomic E-state index is -0.126. The molecule has 0 aliphatic rings. The highest BCUT2D eigenvalue weighted by atomic mass is 16.5. The van der Waals surface area contributed by atoms with Crippen LogP contribution in [0.5, 0.6) is 5.75 Å². The lowest BCUT2D eigenvalue weighted by atomic mass is 10.4. The quantitative estimate of drug-likeness (QED) is 0.654. The number of hydrogen-bond acceptors (Lipinski definition) is 6. The van der Waals surface area contributed by atoms with Gasteiger partial charge < -0.3 is 20.7 Å². The minimum Gasteiger partial charge on any atom is -0.490 e. The average molecular weight is 253 g/mol. The molecule has 0 aliphatic heterocycles. The van der Waals surface area contributed by atoms with Crippen LogP contribution in [0.3, 0.4) is 0 Å². The number of methoxy groups -OCH3 is 1. The van der Waals surface area contributed by atoms with E-state index in [0.29, 0.717) is 17.4 Å². The fourth-order valence-electron chi connectivity index (χ4n) is 1.31. The molecule has 7 heteroatoms. The predicted octanol–water partition coefficient (Wildman–Crippen LogP) is 0.465. The van der Waals surface area contributed by atoms with Gasteiger partial charge in [0.25, 0.3) is 0 Å². The van der Waals surface area contributed by atoms with E-state index in [9.17, 15) is 4.79 Å². The molecule has 0 radical (unpaired) electrons. The Hall–Kier alpha value is -2.05. The Morgan fingerprint density at radius 1 is 1.33 bits per heavy atom. The summed E-state index contributed by atoms with van der Waals surface area (Å²) in [7, 11) is 3.12. The molecule has 100 valence electrons. The molecule has 1 aromatic rings. The van der Waals surface area contributed by atoms with E-state index in [2.05, 4.69) is 32.8 Å².